The van der Waals surface area contributed by atoms with Crippen molar-refractivity contribution in [3.05, 3.63) is 46.6 Å². The Balaban J connectivity index is 1.86. The van der Waals surface area contributed by atoms with Gasteiger partial charge in [0.2, 0.25) is 0 Å². The van der Waals surface area contributed by atoms with Crippen LogP contribution in [0.25, 0.3) is 0 Å². The molecule has 1 aromatic carbocycles. The third-order valence-electron chi connectivity index (χ3n) is 4.36. The Labute approximate surface area is 148 Å². The summed E-state index contributed by atoms with van der Waals surface area (Å²) in [5.74, 6) is 0.367. The normalized spacial score (nSPS) is 17.4. The number of halogens is 2. The Morgan fingerprint density at radius 2 is 2.29 bits per heavy atom. The number of rotatable bonds is 3. The highest BCUT2D eigenvalue weighted by Crippen LogP contribution is 2.31. The fourth-order valence-electron chi connectivity index (χ4n) is 3.09. The van der Waals surface area contributed by atoms with E-state index in [4.69, 9.17) is 0 Å². The Kier molecular flexibility index (Phi) is 4.95. The third kappa shape index (κ3) is 3.34. The fourth-order valence-corrected chi connectivity index (χ4v) is 3.51. The number of anilines is 2. The summed E-state index contributed by atoms with van der Waals surface area (Å²) in [4.78, 5) is 12.4. The molecule has 5 nitrogen and oxygen atoms in total. The highest BCUT2D eigenvalue weighted by atomic mass is 79.9. The Bertz CT molecular complexity index is 762. The number of benzene rings is 1. The van der Waals surface area contributed by atoms with Gasteiger partial charge in [-0.05, 0) is 31.0 Å². The van der Waals surface area contributed by atoms with E-state index in [0.29, 0.717) is 16.7 Å². The highest BCUT2D eigenvalue weighted by Gasteiger charge is 2.26. The average molecular weight is 390 g/mol. The molecule has 0 spiro atoms. The predicted octanol–water partition coefficient (Wildman–Crippen LogP) is 3.36. The lowest BCUT2D eigenvalue weighted by Gasteiger charge is -2.39. The Morgan fingerprint density at radius 1 is 1.46 bits per heavy atom. The summed E-state index contributed by atoms with van der Waals surface area (Å²) >= 11 is 3.32. The average Bonchev–Trinajstić information content (AvgIpc) is 2.61. The van der Waals surface area contributed by atoms with Crippen LogP contribution in [-0.4, -0.2) is 36.1 Å². The molecular weight excluding hydrogens is 373 g/mol. The minimum Gasteiger partial charge on any atom is -0.368 e. The Hall–Kier alpha value is -2.20. The van der Waals surface area contributed by atoms with Crippen molar-refractivity contribution in [3.63, 3.8) is 0 Å². The number of nitriles is 1. The van der Waals surface area contributed by atoms with Gasteiger partial charge in [0.1, 0.15) is 29.6 Å². The first-order valence-electron chi connectivity index (χ1n) is 7.73. The minimum absolute atomic E-state index is 0.100. The maximum Gasteiger partial charge on any atom is 0.144 e. The van der Waals surface area contributed by atoms with E-state index in [-0.39, 0.29) is 11.6 Å². The van der Waals surface area contributed by atoms with Gasteiger partial charge in [-0.1, -0.05) is 15.9 Å². The molecule has 0 amide bonds. The minimum atomic E-state index is -0.492. The molecule has 1 aliphatic rings. The summed E-state index contributed by atoms with van der Waals surface area (Å²) in [6.45, 7) is 1.52. The number of hydrogen-bond acceptors (Lipinski definition) is 5. The van der Waals surface area contributed by atoms with Gasteiger partial charge in [-0.25, -0.2) is 14.4 Å². The molecule has 2 heterocycles. The van der Waals surface area contributed by atoms with E-state index >= 15 is 0 Å². The predicted molar refractivity (Wildman–Crippen MR) is 94.5 cm³/mol. The number of likely N-dealkylation sites (N-methyl/N-ethyl adjacent to an activating group) is 1. The summed E-state index contributed by atoms with van der Waals surface area (Å²) in [6.07, 6.45) is 5.25. The second-order valence-corrected chi connectivity index (χ2v) is 6.73. The van der Waals surface area contributed by atoms with E-state index in [1.54, 1.807) is 6.20 Å². The second kappa shape index (κ2) is 7.14. The second-order valence-electron chi connectivity index (χ2n) is 5.81. The van der Waals surface area contributed by atoms with Crippen LogP contribution in [0.15, 0.2) is 35.2 Å². The maximum absolute atomic E-state index is 14.1. The molecule has 1 aromatic heterocycles. The maximum atomic E-state index is 14.1. The summed E-state index contributed by atoms with van der Waals surface area (Å²) in [5, 5.41) is 9.31. The van der Waals surface area contributed by atoms with Crippen molar-refractivity contribution in [3.8, 4) is 6.07 Å². The van der Waals surface area contributed by atoms with E-state index in [1.165, 1.54) is 12.4 Å². The molecule has 0 saturated carbocycles. The molecule has 1 atom stereocenters. The summed E-state index contributed by atoms with van der Waals surface area (Å²) < 4.78 is 14.7. The van der Waals surface area contributed by atoms with Crippen LogP contribution in [0.2, 0.25) is 0 Å². The van der Waals surface area contributed by atoms with Crippen molar-refractivity contribution in [2.45, 2.75) is 18.9 Å². The van der Waals surface area contributed by atoms with Crippen LogP contribution < -0.4 is 9.80 Å². The molecule has 1 saturated heterocycles. The van der Waals surface area contributed by atoms with Crippen molar-refractivity contribution >= 4 is 27.4 Å². The number of aromatic nitrogens is 2. The smallest absolute Gasteiger partial charge is 0.144 e. The van der Waals surface area contributed by atoms with Crippen molar-refractivity contribution < 1.29 is 4.39 Å². The Morgan fingerprint density at radius 3 is 3.00 bits per heavy atom. The van der Waals surface area contributed by atoms with Gasteiger partial charge >= 0.3 is 0 Å². The van der Waals surface area contributed by atoms with Crippen LogP contribution in [0.4, 0.5) is 15.9 Å². The SMILES string of the molecule is CN(c1ccncn1)C1CCCN(c2cc(Br)cc(F)c2C#N)C1. The van der Waals surface area contributed by atoms with E-state index in [2.05, 4.69) is 35.7 Å². The fraction of sp³-hybridized carbons (Fsp3) is 0.353. The molecule has 0 N–H and O–H groups in total. The molecular formula is C17H17BrFN5. The van der Waals surface area contributed by atoms with Crippen LogP contribution in [0.3, 0.4) is 0 Å². The molecule has 0 aliphatic carbocycles. The number of hydrogen-bond donors (Lipinski definition) is 0. The first-order chi connectivity index (χ1) is 11.6. The van der Waals surface area contributed by atoms with E-state index in [9.17, 15) is 9.65 Å². The quantitative estimate of drug-likeness (QED) is 0.805. The van der Waals surface area contributed by atoms with Gasteiger partial charge in [0.25, 0.3) is 0 Å². The van der Waals surface area contributed by atoms with Gasteiger partial charge in [0.15, 0.2) is 0 Å². The van der Waals surface area contributed by atoms with Gasteiger partial charge in [-0.15, -0.1) is 0 Å². The van der Waals surface area contributed by atoms with Crippen LogP contribution in [0.1, 0.15) is 18.4 Å². The lowest BCUT2D eigenvalue weighted by Crippen LogP contribution is -2.47. The molecule has 24 heavy (non-hydrogen) atoms. The van der Waals surface area contributed by atoms with Gasteiger partial charge in [-0.3, -0.25) is 0 Å². The zero-order valence-corrected chi connectivity index (χ0v) is 14.9. The molecule has 0 bridgehead atoms. The monoisotopic (exact) mass is 389 g/mol. The van der Waals surface area contributed by atoms with Gasteiger partial charge < -0.3 is 9.80 Å². The summed E-state index contributed by atoms with van der Waals surface area (Å²) in [5.41, 5.74) is 0.744. The highest BCUT2D eigenvalue weighted by molar-refractivity contribution is 9.10. The van der Waals surface area contributed by atoms with Crippen LogP contribution in [0, 0.1) is 17.1 Å². The molecule has 3 rings (SSSR count). The largest absolute Gasteiger partial charge is 0.368 e. The van der Waals surface area contributed by atoms with Crippen molar-refractivity contribution in [2.75, 3.05) is 29.9 Å². The first kappa shape index (κ1) is 16.7. The van der Waals surface area contributed by atoms with Crippen molar-refractivity contribution in [1.82, 2.24) is 9.97 Å². The van der Waals surface area contributed by atoms with E-state index in [0.717, 1.165) is 25.2 Å². The molecule has 0 radical (unpaired) electrons. The molecule has 1 fully saturated rings. The van der Waals surface area contributed by atoms with Gasteiger partial charge in [-0.2, -0.15) is 5.26 Å². The number of nitrogens with zero attached hydrogens (tertiary/aromatic N) is 5. The molecule has 1 aliphatic heterocycles. The topological polar surface area (TPSA) is 56.1 Å². The third-order valence-corrected chi connectivity index (χ3v) is 4.82. The lowest BCUT2D eigenvalue weighted by molar-refractivity contribution is 0.484. The number of piperidine rings is 1. The molecule has 7 heteroatoms. The van der Waals surface area contributed by atoms with Crippen molar-refractivity contribution in [1.29, 1.82) is 5.26 Å². The van der Waals surface area contributed by atoms with Crippen molar-refractivity contribution in [2.24, 2.45) is 0 Å². The van der Waals surface area contributed by atoms with E-state index < -0.39 is 5.82 Å². The molecule has 1 unspecified atom stereocenters. The van der Waals surface area contributed by atoms with Gasteiger partial charge in [0.05, 0.1) is 5.69 Å². The standard InChI is InChI=1S/C17H17BrFN5/c1-23(17-4-5-21-11-22-17)13-3-2-6-24(10-13)16-8-12(18)7-15(19)14(16)9-20/h4-5,7-8,11,13H,2-3,6,10H2,1H3. The summed E-state index contributed by atoms with van der Waals surface area (Å²) in [6, 6.07) is 7.25. The zero-order valence-electron chi connectivity index (χ0n) is 13.3. The lowest BCUT2D eigenvalue weighted by atomic mass is 10.0. The molecule has 2 aromatic rings. The van der Waals surface area contributed by atoms with Crippen LogP contribution in [-0.2, 0) is 0 Å². The zero-order chi connectivity index (χ0) is 17.1. The van der Waals surface area contributed by atoms with Crippen LogP contribution >= 0.6 is 15.9 Å². The first-order valence-corrected chi connectivity index (χ1v) is 8.52. The molecule has 124 valence electrons. The van der Waals surface area contributed by atoms with Crippen LogP contribution in [0.5, 0.6) is 0 Å². The summed E-state index contributed by atoms with van der Waals surface area (Å²) in [7, 11) is 2.00. The van der Waals surface area contributed by atoms with E-state index in [1.807, 2.05) is 25.2 Å². The van der Waals surface area contributed by atoms with Gasteiger partial charge in [0, 0.05) is 36.8 Å².